The van der Waals surface area contributed by atoms with Crippen molar-refractivity contribution in [3.8, 4) is 0 Å². The van der Waals surface area contributed by atoms with Gasteiger partial charge in [0.05, 0.1) is 6.54 Å². The van der Waals surface area contributed by atoms with E-state index in [1.54, 1.807) is 9.67 Å². The maximum Gasteiger partial charge on any atom is 0.170 e. The van der Waals surface area contributed by atoms with E-state index < -0.39 is 0 Å². The first-order chi connectivity index (χ1) is 5.77. The highest BCUT2D eigenvalue weighted by Crippen LogP contribution is 2.02. The summed E-state index contributed by atoms with van der Waals surface area (Å²) in [6, 6.07) is 0. The molecule has 1 aromatic rings. The van der Waals surface area contributed by atoms with Crippen LogP contribution in [0.15, 0.2) is 17.3 Å². The predicted molar refractivity (Wildman–Crippen MR) is 50.4 cm³/mol. The summed E-state index contributed by atoms with van der Waals surface area (Å²) < 4.78 is 1.72. The van der Waals surface area contributed by atoms with Crippen molar-refractivity contribution in [3.63, 3.8) is 0 Å². The average molecular weight is 229 g/mol. The Kier molecular flexibility index (Phi) is 3.22. The molecule has 0 aliphatic carbocycles. The molecule has 0 atom stereocenters. The van der Waals surface area contributed by atoms with Gasteiger partial charge in [-0.2, -0.15) is 5.10 Å². The Bertz CT molecular complexity index is 304. The Morgan fingerprint density at radius 3 is 3.00 bits per heavy atom. The molecule has 3 nitrogen and oxygen atoms in total. The minimum Gasteiger partial charge on any atom is -0.296 e. The van der Waals surface area contributed by atoms with Crippen LogP contribution in [0.5, 0.6) is 0 Å². The van der Waals surface area contributed by atoms with Crippen molar-refractivity contribution >= 4 is 22.2 Å². The van der Waals surface area contributed by atoms with Gasteiger partial charge in [0.15, 0.2) is 6.29 Å². The van der Waals surface area contributed by atoms with Gasteiger partial charge in [0.2, 0.25) is 0 Å². The number of aldehydes is 1. The lowest BCUT2D eigenvalue weighted by Crippen LogP contribution is -1.95. The van der Waals surface area contributed by atoms with E-state index in [9.17, 15) is 4.79 Å². The minimum absolute atomic E-state index is 0.512. The summed E-state index contributed by atoms with van der Waals surface area (Å²) in [6.45, 7) is 2.55. The number of carbonyl (C=O) groups excluding carboxylic acids is 1. The van der Waals surface area contributed by atoms with Crippen LogP contribution in [0, 0.1) is 6.92 Å². The van der Waals surface area contributed by atoms with E-state index in [1.165, 1.54) is 0 Å². The van der Waals surface area contributed by atoms with E-state index in [1.807, 2.05) is 19.2 Å². The van der Waals surface area contributed by atoms with E-state index in [2.05, 4.69) is 21.0 Å². The number of halogens is 1. The topological polar surface area (TPSA) is 34.9 Å². The van der Waals surface area contributed by atoms with Crippen molar-refractivity contribution in [1.29, 1.82) is 0 Å². The molecule has 0 aliphatic heterocycles. The maximum atomic E-state index is 10.4. The normalized spacial score (nSPS) is 10.8. The monoisotopic (exact) mass is 228 g/mol. The summed E-state index contributed by atoms with van der Waals surface area (Å²) in [7, 11) is 0. The molecule has 1 rings (SSSR count). The zero-order valence-electron chi connectivity index (χ0n) is 6.70. The molecule has 0 saturated heterocycles. The Morgan fingerprint density at radius 2 is 2.50 bits per heavy atom. The summed E-state index contributed by atoms with van der Waals surface area (Å²) in [5, 5.41) is 4.04. The number of aryl methyl sites for hydroxylation is 1. The molecule has 0 radical (unpaired) electrons. The highest BCUT2D eigenvalue weighted by molar-refractivity contribution is 9.11. The van der Waals surface area contributed by atoms with Gasteiger partial charge in [-0.25, -0.2) is 0 Å². The van der Waals surface area contributed by atoms with E-state index in [0.29, 0.717) is 12.2 Å². The molecule has 0 fully saturated rings. The van der Waals surface area contributed by atoms with Crippen molar-refractivity contribution < 1.29 is 4.79 Å². The standard InChI is InChI=1S/C8H9BrN2O/c1-7-5-11(4-2-3-9)10-8(7)6-12/h2-3,5-6H,4H2,1H3. The van der Waals surface area contributed by atoms with Crippen LogP contribution >= 0.6 is 15.9 Å². The van der Waals surface area contributed by atoms with Gasteiger partial charge in [-0.05, 0) is 17.5 Å². The van der Waals surface area contributed by atoms with E-state index in [4.69, 9.17) is 0 Å². The molecule has 1 heterocycles. The number of nitrogens with zero attached hydrogens (tertiary/aromatic N) is 2. The van der Waals surface area contributed by atoms with Crippen LogP contribution < -0.4 is 0 Å². The Hall–Kier alpha value is -0.900. The molecule has 0 spiro atoms. The lowest BCUT2D eigenvalue weighted by molar-refractivity contribution is 0.111. The van der Waals surface area contributed by atoms with E-state index >= 15 is 0 Å². The van der Waals surface area contributed by atoms with E-state index in [0.717, 1.165) is 11.8 Å². The molecule has 0 aromatic carbocycles. The third kappa shape index (κ3) is 2.04. The van der Waals surface area contributed by atoms with Gasteiger partial charge in [-0.1, -0.05) is 22.0 Å². The molecule has 0 aliphatic rings. The first kappa shape index (κ1) is 9.19. The van der Waals surface area contributed by atoms with Crippen molar-refractivity contribution in [2.75, 3.05) is 0 Å². The molecule has 12 heavy (non-hydrogen) atoms. The van der Waals surface area contributed by atoms with Gasteiger partial charge in [0.25, 0.3) is 0 Å². The number of hydrogen-bond acceptors (Lipinski definition) is 2. The molecule has 4 heteroatoms. The Balaban J connectivity index is 2.81. The zero-order valence-corrected chi connectivity index (χ0v) is 8.28. The number of hydrogen-bond donors (Lipinski definition) is 0. The van der Waals surface area contributed by atoms with Gasteiger partial charge in [0, 0.05) is 6.20 Å². The van der Waals surface area contributed by atoms with Crippen molar-refractivity contribution in [1.82, 2.24) is 9.78 Å². The fraction of sp³-hybridized carbons (Fsp3) is 0.250. The van der Waals surface area contributed by atoms with Crippen molar-refractivity contribution in [2.24, 2.45) is 0 Å². The molecular weight excluding hydrogens is 220 g/mol. The van der Waals surface area contributed by atoms with Crippen LogP contribution in [0.3, 0.4) is 0 Å². The lowest BCUT2D eigenvalue weighted by Gasteiger charge is -1.91. The maximum absolute atomic E-state index is 10.4. The van der Waals surface area contributed by atoms with Crippen LogP contribution in [0.1, 0.15) is 16.1 Å². The van der Waals surface area contributed by atoms with E-state index in [-0.39, 0.29) is 0 Å². The van der Waals surface area contributed by atoms with Gasteiger partial charge >= 0.3 is 0 Å². The smallest absolute Gasteiger partial charge is 0.170 e. The molecule has 0 saturated carbocycles. The van der Waals surface area contributed by atoms with Crippen LogP contribution in [0.2, 0.25) is 0 Å². The molecule has 0 N–H and O–H groups in total. The average Bonchev–Trinajstić information content (AvgIpc) is 2.43. The predicted octanol–water partition coefficient (Wildman–Crippen LogP) is 1.91. The van der Waals surface area contributed by atoms with Crippen LogP contribution in [0.25, 0.3) is 0 Å². The Morgan fingerprint density at radius 1 is 1.75 bits per heavy atom. The first-order valence-electron chi connectivity index (χ1n) is 3.52. The highest BCUT2D eigenvalue weighted by atomic mass is 79.9. The second-order valence-corrected chi connectivity index (χ2v) is 2.93. The fourth-order valence-electron chi connectivity index (χ4n) is 0.894. The van der Waals surface area contributed by atoms with Gasteiger partial charge in [0.1, 0.15) is 5.69 Å². The quantitative estimate of drug-likeness (QED) is 0.742. The van der Waals surface area contributed by atoms with Crippen molar-refractivity contribution in [2.45, 2.75) is 13.5 Å². The number of rotatable bonds is 3. The number of aromatic nitrogens is 2. The summed E-state index contributed by atoms with van der Waals surface area (Å²) in [5.41, 5.74) is 1.42. The first-order valence-corrected chi connectivity index (χ1v) is 4.44. The lowest BCUT2D eigenvalue weighted by atomic mass is 10.3. The third-order valence-electron chi connectivity index (χ3n) is 1.48. The molecule has 0 amide bonds. The summed E-state index contributed by atoms with van der Waals surface area (Å²) in [5.74, 6) is 0. The minimum atomic E-state index is 0.512. The highest BCUT2D eigenvalue weighted by Gasteiger charge is 2.00. The Labute approximate surface area is 79.2 Å². The third-order valence-corrected chi connectivity index (χ3v) is 1.85. The fourth-order valence-corrected chi connectivity index (χ4v) is 1.06. The second kappa shape index (κ2) is 4.21. The zero-order chi connectivity index (χ0) is 8.97. The largest absolute Gasteiger partial charge is 0.296 e. The van der Waals surface area contributed by atoms with Crippen LogP contribution in [-0.4, -0.2) is 16.1 Å². The number of allylic oxidation sites excluding steroid dienone is 1. The van der Waals surface area contributed by atoms with Crippen molar-refractivity contribution in [3.05, 3.63) is 28.5 Å². The molecule has 64 valence electrons. The molecule has 0 bridgehead atoms. The van der Waals surface area contributed by atoms with Gasteiger partial charge in [-0.3, -0.25) is 9.48 Å². The summed E-state index contributed by atoms with van der Waals surface area (Å²) in [6.07, 6.45) is 4.52. The van der Waals surface area contributed by atoms with Crippen LogP contribution in [-0.2, 0) is 6.54 Å². The number of carbonyl (C=O) groups is 1. The molecule has 1 aromatic heterocycles. The molecular formula is C8H9BrN2O. The van der Waals surface area contributed by atoms with Crippen LogP contribution in [0.4, 0.5) is 0 Å². The summed E-state index contributed by atoms with van der Waals surface area (Å²) in [4.78, 5) is 12.2. The molecule has 0 unspecified atom stereocenters. The second-order valence-electron chi connectivity index (χ2n) is 2.40. The SMILES string of the molecule is Cc1cn(CC=CBr)nc1C=O. The van der Waals surface area contributed by atoms with Gasteiger partial charge in [-0.15, -0.1) is 0 Å². The van der Waals surface area contributed by atoms with Gasteiger partial charge < -0.3 is 0 Å². The summed E-state index contributed by atoms with van der Waals surface area (Å²) >= 11 is 3.16.